The molecule has 2 aromatic rings. The van der Waals surface area contributed by atoms with Gasteiger partial charge in [0, 0.05) is 49.3 Å². The minimum absolute atomic E-state index is 0.0200. The number of likely N-dealkylation sites (tertiary alicyclic amines) is 1. The molecule has 2 aliphatic heterocycles. The van der Waals surface area contributed by atoms with Crippen LogP contribution < -0.4 is 4.74 Å². The van der Waals surface area contributed by atoms with Crippen LogP contribution in [0.3, 0.4) is 0 Å². The molecule has 0 aromatic heterocycles. The maximum Gasteiger partial charge on any atom is 0.253 e. The first-order valence-corrected chi connectivity index (χ1v) is 12.1. The SMILES string of the molecule is CN1CCOCCCCC2(CCN(C(=O)c3ccc(F)cc3)CC2)COc2ccccc2C1. The predicted octanol–water partition coefficient (Wildman–Crippen LogP) is 4.76. The standard InChI is InChI=1S/C27H35FN2O3/c1-29-17-19-32-18-5-4-12-27(21-33-25-7-3-2-6-23(25)20-29)13-15-30(16-14-27)26(31)22-8-10-24(28)11-9-22/h2-3,6-11H,4-5,12-21H2,1H3. The highest BCUT2D eigenvalue weighted by Crippen LogP contribution is 2.38. The number of likely N-dealkylation sites (N-methyl/N-ethyl adjacent to an activating group) is 1. The Bertz CT molecular complexity index is 910. The number of carbonyl (C=O) groups is 1. The second-order valence-electron chi connectivity index (χ2n) is 9.50. The van der Waals surface area contributed by atoms with E-state index in [0.29, 0.717) is 25.3 Å². The third-order valence-electron chi connectivity index (χ3n) is 7.01. The van der Waals surface area contributed by atoms with Crippen LogP contribution in [0.4, 0.5) is 4.39 Å². The molecule has 2 aliphatic rings. The number of hydrogen-bond acceptors (Lipinski definition) is 4. The van der Waals surface area contributed by atoms with Crippen molar-refractivity contribution < 1.29 is 18.7 Å². The summed E-state index contributed by atoms with van der Waals surface area (Å²) >= 11 is 0. The highest BCUT2D eigenvalue weighted by atomic mass is 19.1. The summed E-state index contributed by atoms with van der Waals surface area (Å²) in [5.74, 6) is 0.608. The van der Waals surface area contributed by atoms with Crippen molar-refractivity contribution in [2.75, 3.05) is 46.5 Å². The lowest BCUT2D eigenvalue weighted by atomic mass is 9.75. The van der Waals surface area contributed by atoms with Gasteiger partial charge in [0.2, 0.25) is 0 Å². The van der Waals surface area contributed by atoms with Gasteiger partial charge in [0.05, 0.1) is 13.2 Å². The monoisotopic (exact) mass is 454 g/mol. The van der Waals surface area contributed by atoms with Gasteiger partial charge in [-0.25, -0.2) is 4.39 Å². The van der Waals surface area contributed by atoms with Crippen LogP contribution in [0.5, 0.6) is 5.75 Å². The van der Waals surface area contributed by atoms with Gasteiger partial charge in [-0.2, -0.15) is 0 Å². The molecular weight excluding hydrogens is 419 g/mol. The maximum atomic E-state index is 13.2. The second kappa shape index (κ2) is 11.1. The van der Waals surface area contributed by atoms with E-state index in [0.717, 1.165) is 64.2 Å². The van der Waals surface area contributed by atoms with Gasteiger partial charge in [0.1, 0.15) is 11.6 Å². The molecule has 0 aliphatic carbocycles. The summed E-state index contributed by atoms with van der Waals surface area (Å²) in [4.78, 5) is 17.1. The lowest BCUT2D eigenvalue weighted by molar-refractivity contribution is 0.0333. The van der Waals surface area contributed by atoms with Gasteiger partial charge < -0.3 is 14.4 Å². The number of fused-ring (bicyclic) bond motifs is 1. The molecule has 1 saturated heterocycles. The van der Waals surface area contributed by atoms with Crippen molar-refractivity contribution in [1.82, 2.24) is 9.80 Å². The molecule has 5 nitrogen and oxygen atoms in total. The summed E-state index contributed by atoms with van der Waals surface area (Å²) in [5, 5.41) is 0. The highest BCUT2D eigenvalue weighted by Gasteiger charge is 2.36. The number of hydrogen-bond donors (Lipinski definition) is 0. The van der Waals surface area contributed by atoms with Crippen molar-refractivity contribution in [2.24, 2.45) is 5.41 Å². The molecule has 1 spiro atoms. The van der Waals surface area contributed by atoms with Crippen molar-refractivity contribution >= 4 is 5.91 Å². The number of nitrogens with zero attached hydrogens (tertiary/aromatic N) is 2. The fourth-order valence-electron chi connectivity index (χ4n) is 4.83. The molecule has 0 atom stereocenters. The van der Waals surface area contributed by atoms with Gasteiger partial charge in [-0.1, -0.05) is 24.6 Å². The molecule has 2 heterocycles. The zero-order valence-corrected chi connectivity index (χ0v) is 19.6. The van der Waals surface area contributed by atoms with E-state index in [4.69, 9.17) is 9.47 Å². The summed E-state index contributed by atoms with van der Waals surface area (Å²) < 4.78 is 25.6. The topological polar surface area (TPSA) is 42.0 Å². The number of benzene rings is 2. The molecule has 178 valence electrons. The highest BCUT2D eigenvalue weighted by molar-refractivity contribution is 5.94. The largest absolute Gasteiger partial charge is 0.493 e. The first-order chi connectivity index (χ1) is 16.0. The normalized spacial score (nSPS) is 20.5. The summed E-state index contributed by atoms with van der Waals surface area (Å²) in [7, 11) is 2.11. The molecule has 0 saturated carbocycles. The summed E-state index contributed by atoms with van der Waals surface area (Å²) in [6, 6.07) is 14.1. The fourth-order valence-corrected chi connectivity index (χ4v) is 4.83. The first kappa shape index (κ1) is 23.7. The summed E-state index contributed by atoms with van der Waals surface area (Å²) in [6.45, 7) is 5.30. The van der Waals surface area contributed by atoms with Crippen LogP contribution in [-0.2, 0) is 11.3 Å². The van der Waals surface area contributed by atoms with Crippen LogP contribution in [0.25, 0.3) is 0 Å². The Morgan fingerprint density at radius 3 is 2.48 bits per heavy atom. The van der Waals surface area contributed by atoms with E-state index in [1.54, 1.807) is 12.1 Å². The zero-order valence-electron chi connectivity index (χ0n) is 19.6. The van der Waals surface area contributed by atoms with Gasteiger partial charge >= 0.3 is 0 Å². The molecule has 2 aromatic carbocycles. The van der Waals surface area contributed by atoms with Crippen molar-refractivity contribution in [3.8, 4) is 5.75 Å². The summed E-state index contributed by atoms with van der Waals surface area (Å²) in [6.07, 6.45) is 5.01. The van der Waals surface area contributed by atoms with E-state index in [9.17, 15) is 9.18 Å². The number of amides is 1. The second-order valence-corrected chi connectivity index (χ2v) is 9.50. The first-order valence-electron chi connectivity index (χ1n) is 12.1. The number of ether oxygens (including phenoxy) is 2. The Morgan fingerprint density at radius 1 is 0.939 bits per heavy atom. The van der Waals surface area contributed by atoms with Crippen molar-refractivity contribution in [2.45, 2.75) is 38.6 Å². The van der Waals surface area contributed by atoms with Gasteiger partial charge in [0.15, 0.2) is 0 Å². The molecule has 4 rings (SSSR count). The molecule has 1 fully saturated rings. The predicted molar refractivity (Wildman–Crippen MR) is 127 cm³/mol. The smallest absolute Gasteiger partial charge is 0.253 e. The van der Waals surface area contributed by atoms with Crippen LogP contribution in [0.15, 0.2) is 48.5 Å². The van der Waals surface area contributed by atoms with Gasteiger partial charge in [-0.15, -0.1) is 0 Å². The van der Waals surface area contributed by atoms with Crippen LogP contribution in [0, 0.1) is 11.2 Å². The summed E-state index contributed by atoms with van der Waals surface area (Å²) in [5.41, 5.74) is 1.78. The number of para-hydroxylation sites is 1. The van der Waals surface area contributed by atoms with E-state index >= 15 is 0 Å². The van der Waals surface area contributed by atoms with Crippen molar-refractivity contribution in [1.29, 1.82) is 0 Å². The van der Waals surface area contributed by atoms with E-state index < -0.39 is 0 Å². The minimum atomic E-state index is -0.323. The fraction of sp³-hybridized carbons (Fsp3) is 0.519. The Hall–Kier alpha value is -2.44. The Labute approximate surface area is 196 Å². The minimum Gasteiger partial charge on any atom is -0.493 e. The lowest BCUT2D eigenvalue weighted by Gasteiger charge is -2.42. The molecule has 0 bridgehead atoms. The van der Waals surface area contributed by atoms with Gasteiger partial charge in [0.25, 0.3) is 5.91 Å². The number of piperidine rings is 1. The maximum absolute atomic E-state index is 13.2. The molecule has 0 radical (unpaired) electrons. The average molecular weight is 455 g/mol. The molecule has 0 unspecified atom stereocenters. The van der Waals surface area contributed by atoms with Crippen molar-refractivity contribution in [3.63, 3.8) is 0 Å². The number of rotatable bonds is 1. The number of halogens is 1. The molecule has 0 N–H and O–H groups in total. The third kappa shape index (κ3) is 6.33. The lowest BCUT2D eigenvalue weighted by Crippen LogP contribution is -2.45. The van der Waals surface area contributed by atoms with Crippen LogP contribution in [-0.4, -0.2) is 62.2 Å². The van der Waals surface area contributed by atoms with Crippen LogP contribution in [0.1, 0.15) is 48.0 Å². The Balaban J connectivity index is 1.45. The van der Waals surface area contributed by atoms with Gasteiger partial charge in [-0.05, 0) is 63.1 Å². The van der Waals surface area contributed by atoms with Gasteiger partial charge in [-0.3, -0.25) is 9.69 Å². The van der Waals surface area contributed by atoms with E-state index in [2.05, 4.69) is 30.1 Å². The average Bonchev–Trinajstić information content (AvgIpc) is 2.83. The van der Waals surface area contributed by atoms with Crippen LogP contribution in [0.2, 0.25) is 0 Å². The molecular formula is C27H35FN2O3. The molecule has 1 amide bonds. The molecule has 6 heteroatoms. The Morgan fingerprint density at radius 2 is 1.70 bits per heavy atom. The van der Waals surface area contributed by atoms with E-state index in [-0.39, 0.29) is 17.1 Å². The number of carbonyl (C=O) groups excluding carboxylic acids is 1. The van der Waals surface area contributed by atoms with Crippen molar-refractivity contribution in [3.05, 3.63) is 65.5 Å². The van der Waals surface area contributed by atoms with E-state index in [1.165, 1.54) is 17.7 Å². The molecule has 33 heavy (non-hydrogen) atoms. The van der Waals surface area contributed by atoms with E-state index in [1.807, 2.05) is 11.0 Å². The zero-order chi connectivity index (χ0) is 23.1. The third-order valence-corrected chi connectivity index (χ3v) is 7.01. The van der Waals surface area contributed by atoms with Crippen LogP contribution >= 0.6 is 0 Å². The quantitative estimate of drug-likeness (QED) is 0.623. The Kier molecular flexibility index (Phi) is 7.99.